The van der Waals surface area contributed by atoms with Gasteiger partial charge in [-0.3, -0.25) is 19.3 Å². The molecule has 37 heavy (non-hydrogen) atoms. The maximum Gasteiger partial charge on any atom is 0.259 e. The summed E-state index contributed by atoms with van der Waals surface area (Å²) < 4.78 is 2.23. The number of hydrogen-bond donors (Lipinski definition) is 2. The first-order valence-corrected chi connectivity index (χ1v) is 12.8. The minimum absolute atomic E-state index is 0.165. The Morgan fingerprint density at radius 1 is 1.11 bits per heavy atom. The van der Waals surface area contributed by atoms with E-state index in [1.807, 2.05) is 43.3 Å². The molecule has 2 N–H and O–H groups in total. The van der Waals surface area contributed by atoms with Crippen LogP contribution in [0.4, 0.5) is 5.69 Å². The highest BCUT2D eigenvalue weighted by molar-refractivity contribution is 6.11. The average Bonchev–Trinajstić information content (AvgIpc) is 3.33. The molecule has 0 spiro atoms. The lowest BCUT2D eigenvalue weighted by atomic mass is 9.84. The second-order valence-electron chi connectivity index (χ2n) is 10.7. The van der Waals surface area contributed by atoms with Crippen LogP contribution in [0.25, 0.3) is 21.8 Å². The predicted octanol–water partition coefficient (Wildman–Crippen LogP) is 5.04. The monoisotopic (exact) mass is 494 g/mol. The van der Waals surface area contributed by atoms with Crippen LogP contribution in [0.15, 0.2) is 64.7 Å². The lowest BCUT2D eigenvalue weighted by molar-refractivity contribution is -0.139. The maximum absolute atomic E-state index is 13.7. The van der Waals surface area contributed by atoms with Crippen LogP contribution in [0, 0.1) is 12.8 Å². The molecule has 2 aliphatic heterocycles. The molecule has 0 saturated carbocycles. The fourth-order valence-electron chi connectivity index (χ4n) is 5.73. The van der Waals surface area contributed by atoms with Gasteiger partial charge in [-0.15, -0.1) is 0 Å². The molecule has 0 fully saturated rings. The van der Waals surface area contributed by atoms with Crippen LogP contribution in [-0.4, -0.2) is 32.8 Å². The highest BCUT2D eigenvalue weighted by Gasteiger charge is 2.42. The third-order valence-corrected chi connectivity index (χ3v) is 7.61. The predicted molar refractivity (Wildman–Crippen MR) is 146 cm³/mol. The summed E-state index contributed by atoms with van der Waals surface area (Å²) in [6.45, 7) is 8.79. The Balaban J connectivity index is 1.64. The number of pyridine rings is 1. The Morgan fingerprint density at radius 2 is 1.92 bits per heavy atom. The van der Waals surface area contributed by atoms with Gasteiger partial charge in [0.25, 0.3) is 11.5 Å². The van der Waals surface area contributed by atoms with E-state index in [1.165, 1.54) is 11.8 Å². The minimum Gasteiger partial charge on any atom is -0.356 e. The van der Waals surface area contributed by atoms with Crippen molar-refractivity contribution in [2.45, 2.75) is 46.6 Å². The van der Waals surface area contributed by atoms with E-state index in [-0.39, 0.29) is 23.9 Å². The fraction of sp³-hybridized carbons (Fsp3) is 0.300. The molecule has 6 rings (SSSR count). The lowest BCUT2D eigenvalue weighted by Crippen LogP contribution is -2.33. The lowest BCUT2D eigenvalue weighted by Gasteiger charge is -2.19. The zero-order valence-corrected chi connectivity index (χ0v) is 21.5. The number of amides is 2. The fourth-order valence-corrected chi connectivity index (χ4v) is 5.73. The summed E-state index contributed by atoms with van der Waals surface area (Å²) in [6, 6.07) is 14.0. The standard InChI is InChI=1S/C30H30N4O3/c1-16(2)10-11-33-14-21-26(20-13-19-9-8-17(3)12-23(19)32-29(20)36)28-24(15-34(18(4)35)30(28)37)31-22-6-5-7-25(33)27(21)22/h5-9,12-14,16,26,31H,10-11,15H2,1-4H3,(H,32,36)/t26-/m0/s1. The summed E-state index contributed by atoms with van der Waals surface area (Å²) in [5.74, 6) is -0.735. The number of fused-ring (bicyclic) bond motifs is 1. The number of hydrogen-bond acceptors (Lipinski definition) is 4. The largest absolute Gasteiger partial charge is 0.356 e. The van der Waals surface area contributed by atoms with Gasteiger partial charge in [0, 0.05) is 53.4 Å². The van der Waals surface area contributed by atoms with Crippen molar-refractivity contribution in [3.63, 3.8) is 0 Å². The van der Waals surface area contributed by atoms with Gasteiger partial charge in [0.05, 0.1) is 17.6 Å². The molecule has 0 aliphatic carbocycles. The van der Waals surface area contributed by atoms with Crippen molar-refractivity contribution in [1.82, 2.24) is 14.5 Å². The number of nitrogens with zero attached hydrogens (tertiary/aromatic N) is 2. The quantitative estimate of drug-likeness (QED) is 0.416. The van der Waals surface area contributed by atoms with Crippen molar-refractivity contribution in [3.05, 3.63) is 87.0 Å². The third-order valence-electron chi connectivity index (χ3n) is 7.61. The molecule has 4 heterocycles. The number of imide groups is 1. The topological polar surface area (TPSA) is 87.2 Å². The second-order valence-corrected chi connectivity index (χ2v) is 10.7. The smallest absolute Gasteiger partial charge is 0.259 e. The Hall–Kier alpha value is -4.13. The van der Waals surface area contributed by atoms with Crippen LogP contribution in [-0.2, 0) is 16.1 Å². The van der Waals surface area contributed by atoms with Crippen molar-refractivity contribution in [2.75, 3.05) is 11.9 Å². The first kappa shape index (κ1) is 23.3. The highest BCUT2D eigenvalue weighted by Crippen LogP contribution is 2.46. The van der Waals surface area contributed by atoms with E-state index in [4.69, 9.17) is 0 Å². The number of nitrogens with one attached hydrogen (secondary N) is 2. The number of rotatable bonds is 4. The van der Waals surface area contributed by atoms with E-state index in [9.17, 15) is 14.4 Å². The molecule has 7 heteroatoms. The summed E-state index contributed by atoms with van der Waals surface area (Å²) in [7, 11) is 0. The second kappa shape index (κ2) is 8.47. The van der Waals surface area contributed by atoms with Gasteiger partial charge in [0.15, 0.2) is 0 Å². The van der Waals surface area contributed by atoms with E-state index in [0.29, 0.717) is 22.8 Å². The average molecular weight is 495 g/mol. The molecule has 2 aromatic heterocycles. The first-order chi connectivity index (χ1) is 17.7. The molecule has 2 aliphatic rings. The van der Waals surface area contributed by atoms with Gasteiger partial charge in [-0.1, -0.05) is 32.0 Å². The van der Waals surface area contributed by atoms with E-state index in [2.05, 4.69) is 41.0 Å². The molecule has 0 bridgehead atoms. The molecular weight excluding hydrogens is 464 g/mol. The number of aromatic amines is 1. The molecule has 2 aromatic carbocycles. The van der Waals surface area contributed by atoms with Crippen molar-refractivity contribution in [1.29, 1.82) is 0 Å². The maximum atomic E-state index is 13.7. The number of anilines is 1. The van der Waals surface area contributed by atoms with Crippen LogP contribution < -0.4 is 10.9 Å². The van der Waals surface area contributed by atoms with Gasteiger partial charge in [-0.2, -0.15) is 0 Å². The normalized spacial score (nSPS) is 17.1. The molecular formula is C30H30N4O3. The Labute approximate surface area is 214 Å². The summed E-state index contributed by atoms with van der Waals surface area (Å²) in [5, 5.41) is 5.39. The number of carbonyl (C=O) groups is 2. The molecule has 1 atom stereocenters. The summed E-state index contributed by atoms with van der Waals surface area (Å²) in [5.41, 5.74) is 6.08. The van der Waals surface area contributed by atoms with E-state index >= 15 is 0 Å². The minimum atomic E-state index is -0.611. The summed E-state index contributed by atoms with van der Waals surface area (Å²) in [4.78, 5) is 44.0. The van der Waals surface area contributed by atoms with Gasteiger partial charge < -0.3 is 14.9 Å². The highest BCUT2D eigenvalue weighted by atomic mass is 16.2. The zero-order valence-electron chi connectivity index (χ0n) is 21.5. The van der Waals surface area contributed by atoms with Crippen molar-refractivity contribution >= 4 is 39.3 Å². The molecule has 188 valence electrons. The van der Waals surface area contributed by atoms with Crippen LogP contribution in [0.5, 0.6) is 0 Å². The number of aryl methyl sites for hydroxylation is 2. The number of aromatic nitrogens is 2. The van der Waals surface area contributed by atoms with E-state index in [1.54, 1.807) is 0 Å². The van der Waals surface area contributed by atoms with Gasteiger partial charge in [-0.25, -0.2) is 0 Å². The molecule has 0 radical (unpaired) electrons. The number of benzene rings is 2. The van der Waals surface area contributed by atoms with Crippen molar-refractivity contribution in [3.8, 4) is 0 Å². The molecule has 7 nitrogen and oxygen atoms in total. The SMILES string of the molecule is CC(=O)N1CC2=C(C1=O)[C@@H](c1cc3ccc(C)cc3[nH]c1=O)c1cn(CCC(C)C)c3cccc(c13)N2. The van der Waals surface area contributed by atoms with E-state index in [0.717, 1.165) is 51.6 Å². The third kappa shape index (κ3) is 3.68. The molecule has 0 saturated heterocycles. The van der Waals surface area contributed by atoms with E-state index < -0.39 is 5.92 Å². The van der Waals surface area contributed by atoms with Crippen LogP contribution in [0.3, 0.4) is 0 Å². The Bertz CT molecular complexity index is 1710. The van der Waals surface area contributed by atoms with Gasteiger partial charge in [0.2, 0.25) is 5.91 Å². The molecule has 4 aromatic rings. The number of carbonyl (C=O) groups excluding carboxylic acids is 2. The van der Waals surface area contributed by atoms with Crippen LogP contribution in [0.2, 0.25) is 0 Å². The molecule has 0 unspecified atom stereocenters. The van der Waals surface area contributed by atoms with Gasteiger partial charge >= 0.3 is 0 Å². The van der Waals surface area contributed by atoms with Crippen molar-refractivity contribution in [2.24, 2.45) is 5.92 Å². The Kier molecular flexibility index (Phi) is 5.33. The van der Waals surface area contributed by atoms with Gasteiger partial charge in [0.1, 0.15) is 0 Å². The summed E-state index contributed by atoms with van der Waals surface area (Å²) >= 11 is 0. The van der Waals surface area contributed by atoms with Crippen LogP contribution >= 0.6 is 0 Å². The Morgan fingerprint density at radius 3 is 2.68 bits per heavy atom. The zero-order chi connectivity index (χ0) is 26.0. The van der Waals surface area contributed by atoms with Gasteiger partial charge in [-0.05, 0) is 60.0 Å². The summed E-state index contributed by atoms with van der Waals surface area (Å²) in [6.07, 6.45) is 3.10. The molecule has 2 amide bonds. The van der Waals surface area contributed by atoms with Crippen LogP contribution in [0.1, 0.15) is 49.8 Å². The first-order valence-electron chi connectivity index (χ1n) is 12.8. The van der Waals surface area contributed by atoms with Crippen molar-refractivity contribution < 1.29 is 9.59 Å². The number of H-pyrrole nitrogens is 1.